The highest BCUT2D eigenvalue weighted by atomic mass is 32.2. The minimum Gasteiger partial charge on any atom is -0.393 e. The quantitative estimate of drug-likeness (QED) is 0.943. The fraction of sp³-hybridized carbons (Fsp3) is 0.294. The molecule has 2 rings (SSSR count). The van der Waals surface area contributed by atoms with Crippen molar-refractivity contribution in [2.24, 2.45) is 0 Å². The summed E-state index contributed by atoms with van der Waals surface area (Å²) in [5, 5.41) is 9.78. The summed E-state index contributed by atoms with van der Waals surface area (Å²) >= 11 is 0. The number of aliphatic hydroxyl groups excluding tert-OH is 1. The normalized spacial score (nSPS) is 14.7. The fourth-order valence-electron chi connectivity index (χ4n) is 2.21. The Bertz CT molecular complexity index is 716. The highest BCUT2D eigenvalue weighted by molar-refractivity contribution is 7.91. The molecule has 0 heterocycles. The zero-order valence-corrected chi connectivity index (χ0v) is 13.3. The first-order chi connectivity index (χ1) is 9.84. The van der Waals surface area contributed by atoms with Crippen LogP contribution in [-0.2, 0) is 9.84 Å². The van der Waals surface area contributed by atoms with Crippen LogP contribution in [0.25, 0.3) is 0 Å². The standard InChI is InChI=1S/C17H20O3S/c1-12-8-10-15(11-9-12)21(19,20)17-7-5-4-6-16(17)13(2)14(3)18/h4-11,13-14,18H,1-3H3/t13-,14-/m1/s1. The summed E-state index contributed by atoms with van der Waals surface area (Å²) in [5.74, 6) is -0.249. The van der Waals surface area contributed by atoms with Gasteiger partial charge in [0.05, 0.1) is 15.9 Å². The number of aryl methyl sites for hydroxylation is 1. The van der Waals surface area contributed by atoms with E-state index in [0.717, 1.165) is 5.56 Å². The summed E-state index contributed by atoms with van der Waals surface area (Å²) in [6.45, 7) is 5.41. The maximum Gasteiger partial charge on any atom is 0.206 e. The van der Waals surface area contributed by atoms with E-state index in [1.807, 2.05) is 13.8 Å². The summed E-state index contributed by atoms with van der Waals surface area (Å²) in [7, 11) is -3.58. The van der Waals surface area contributed by atoms with Gasteiger partial charge in [0.2, 0.25) is 9.84 Å². The molecular weight excluding hydrogens is 284 g/mol. The molecule has 0 spiro atoms. The van der Waals surface area contributed by atoms with Crippen LogP contribution in [0, 0.1) is 6.92 Å². The van der Waals surface area contributed by atoms with Crippen LogP contribution in [0.1, 0.15) is 30.9 Å². The largest absolute Gasteiger partial charge is 0.393 e. The van der Waals surface area contributed by atoms with Gasteiger partial charge in [-0.05, 0) is 37.6 Å². The van der Waals surface area contributed by atoms with Crippen molar-refractivity contribution >= 4 is 9.84 Å². The molecule has 2 aromatic rings. The van der Waals surface area contributed by atoms with Crippen LogP contribution in [0.2, 0.25) is 0 Å². The van der Waals surface area contributed by atoms with Crippen molar-refractivity contribution < 1.29 is 13.5 Å². The van der Waals surface area contributed by atoms with E-state index in [4.69, 9.17) is 0 Å². The molecule has 0 bridgehead atoms. The molecular formula is C17H20O3S. The van der Waals surface area contributed by atoms with Crippen molar-refractivity contribution in [2.75, 3.05) is 0 Å². The van der Waals surface area contributed by atoms with Gasteiger partial charge in [0.1, 0.15) is 0 Å². The van der Waals surface area contributed by atoms with Crippen molar-refractivity contribution in [3.63, 3.8) is 0 Å². The van der Waals surface area contributed by atoms with Crippen molar-refractivity contribution in [3.05, 3.63) is 59.7 Å². The number of sulfone groups is 1. The van der Waals surface area contributed by atoms with Crippen LogP contribution in [0.5, 0.6) is 0 Å². The fourth-order valence-corrected chi connectivity index (χ4v) is 3.78. The first-order valence-corrected chi connectivity index (χ1v) is 8.41. The zero-order valence-electron chi connectivity index (χ0n) is 12.4. The highest BCUT2D eigenvalue weighted by Crippen LogP contribution is 2.30. The van der Waals surface area contributed by atoms with Gasteiger partial charge in [-0.25, -0.2) is 8.42 Å². The maximum atomic E-state index is 12.8. The molecule has 1 N–H and O–H groups in total. The lowest BCUT2D eigenvalue weighted by atomic mass is 9.96. The molecule has 0 aliphatic rings. The molecule has 0 saturated carbocycles. The van der Waals surface area contributed by atoms with Gasteiger partial charge in [0, 0.05) is 5.92 Å². The Balaban J connectivity index is 2.58. The van der Waals surface area contributed by atoms with Gasteiger partial charge in [-0.1, -0.05) is 42.8 Å². The van der Waals surface area contributed by atoms with E-state index in [0.29, 0.717) is 5.56 Å². The van der Waals surface area contributed by atoms with E-state index in [-0.39, 0.29) is 15.7 Å². The Kier molecular flexibility index (Phi) is 4.49. The smallest absolute Gasteiger partial charge is 0.206 e. The molecule has 0 aromatic heterocycles. The van der Waals surface area contributed by atoms with E-state index in [9.17, 15) is 13.5 Å². The third kappa shape index (κ3) is 3.17. The SMILES string of the molecule is Cc1ccc(S(=O)(=O)c2ccccc2[C@H](C)[C@@H](C)O)cc1. The summed E-state index contributed by atoms with van der Waals surface area (Å²) < 4.78 is 25.6. The summed E-state index contributed by atoms with van der Waals surface area (Å²) in [5.41, 5.74) is 1.66. The third-order valence-corrected chi connectivity index (χ3v) is 5.60. The molecule has 0 unspecified atom stereocenters. The van der Waals surface area contributed by atoms with Gasteiger partial charge >= 0.3 is 0 Å². The van der Waals surface area contributed by atoms with Crippen LogP contribution < -0.4 is 0 Å². The lowest BCUT2D eigenvalue weighted by Crippen LogP contribution is -2.15. The average Bonchev–Trinajstić information content (AvgIpc) is 2.46. The second-order valence-corrected chi connectivity index (χ2v) is 7.30. The van der Waals surface area contributed by atoms with E-state index in [1.54, 1.807) is 55.5 Å². The van der Waals surface area contributed by atoms with Gasteiger partial charge in [0.15, 0.2) is 0 Å². The molecule has 0 aliphatic heterocycles. The minimum atomic E-state index is -3.58. The Morgan fingerprint density at radius 3 is 2.10 bits per heavy atom. The number of rotatable bonds is 4. The summed E-state index contributed by atoms with van der Waals surface area (Å²) in [4.78, 5) is 0.542. The summed E-state index contributed by atoms with van der Waals surface area (Å²) in [6.07, 6.45) is -0.612. The number of benzene rings is 2. The molecule has 2 atom stereocenters. The maximum absolute atomic E-state index is 12.8. The first kappa shape index (κ1) is 15.7. The number of hydrogen-bond acceptors (Lipinski definition) is 3. The molecule has 112 valence electrons. The van der Waals surface area contributed by atoms with Gasteiger partial charge in [-0.2, -0.15) is 0 Å². The summed E-state index contributed by atoms with van der Waals surface area (Å²) in [6, 6.07) is 13.7. The van der Waals surface area contributed by atoms with Crippen molar-refractivity contribution in [1.82, 2.24) is 0 Å². The molecule has 0 radical (unpaired) electrons. The molecule has 2 aromatic carbocycles. The number of hydrogen-bond donors (Lipinski definition) is 1. The second kappa shape index (κ2) is 6.00. The monoisotopic (exact) mass is 304 g/mol. The van der Waals surface area contributed by atoms with Gasteiger partial charge in [-0.15, -0.1) is 0 Å². The van der Waals surface area contributed by atoms with Crippen LogP contribution in [0.3, 0.4) is 0 Å². The van der Waals surface area contributed by atoms with Crippen LogP contribution in [-0.4, -0.2) is 19.6 Å². The molecule has 0 amide bonds. The first-order valence-electron chi connectivity index (χ1n) is 6.93. The minimum absolute atomic E-state index is 0.249. The van der Waals surface area contributed by atoms with Crippen molar-refractivity contribution in [1.29, 1.82) is 0 Å². The molecule has 21 heavy (non-hydrogen) atoms. The van der Waals surface area contributed by atoms with E-state index in [2.05, 4.69) is 0 Å². The zero-order chi connectivity index (χ0) is 15.6. The average molecular weight is 304 g/mol. The van der Waals surface area contributed by atoms with Gasteiger partial charge in [-0.3, -0.25) is 0 Å². The predicted molar refractivity (Wildman–Crippen MR) is 83.2 cm³/mol. The molecule has 4 heteroatoms. The van der Waals surface area contributed by atoms with E-state index in [1.165, 1.54) is 0 Å². The van der Waals surface area contributed by atoms with Gasteiger partial charge in [0.25, 0.3) is 0 Å². The Morgan fingerprint density at radius 1 is 0.952 bits per heavy atom. The van der Waals surface area contributed by atoms with Crippen molar-refractivity contribution in [2.45, 2.75) is 42.6 Å². The highest BCUT2D eigenvalue weighted by Gasteiger charge is 2.24. The Labute approximate surface area is 126 Å². The third-order valence-electron chi connectivity index (χ3n) is 3.75. The molecule has 0 saturated heterocycles. The molecule has 0 fully saturated rings. The molecule has 0 aliphatic carbocycles. The Morgan fingerprint density at radius 2 is 1.52 bits per heavy atom. The van der Waals surface area contributed by atoms with Crippen LogP contribution >= 0.6 is 0 Å². The predicted octanol–water partition coefficient (Wildman–Crippen LogP) is 3.31. The second-order valence-electron chi connectivity index (χ2n) is 5.38. The van der Waals surface area contributed by atoms with Crippen LogP contribution in [0.4, 0.5) is 0 Å². The topological polar surface area (TPSA) is 54.4 Å². The van der Waals surface area contributed by atoms with Crippen LogP contribution in [0.15, 0.2) is 58.3 Å². The lowest BCUT2D eigenvalue weighted by Gasteiger charge is -2.19. The number of aliphatic hydroxyl groups is 1. The molecule has 3 nitrogen and oxygen atoms in total. The lowest BCUT2D eigenvalue weighted by molar-refractivity contribution is 0.168. The van der Waals surface area contributed by atoms with E-state index < -0.39 is 15.9 Å². The van der Waals surface area contributed by atoms with E-state index >= 15 is 0 Å². The van der Waals surface area contributed by atoms with Crippen molar-refractivity contribution in [3.8, 4) is 0 Å². The Hall–Kier alpha value is -1.65. The van der Waals surface area contributed by atoms with Gasteiger partial charge < -0.3 is 5.11 Å².